The van der Waals surface area contributed by atoms with Gasteiger partial charge in [0.15, 0.2) is 5.54 Å². The van der Waals surface area contributed by atoms with Gasteiger partial charge in [-0.1, -0.05) is 24.3 Å². The highest BCUT2D eigenvalue weighted by atomic mass is 16.2. The molecule has 0 bridgehead atoms. The molecule has 156 valence electrons. The van der Waals surface area contributed by atoms with Crippen molar-refractivity contribution in [2.75, 3.05) is 38.0 Å². The highest BCUT2D eigenvalue weighted by Gasteiger charge is 2.49. The molecule has 9 nitrogen and oxygen atoms in total. The Labute approximate surface area is 174 Å². The van der Waals surface area contributed by atoms with Crippen LogP contribution in [-0.2, 0) is 15.1 Å². The molecule has 0 spiro atoms. The van der Waals surface area contributed by atoms with Crippen LogP contribution in [0.3, 0.4) is 0 Å². The van der Waals surface area contributed by atoms with Crippen molar-refractivity contribution in [1.29, 1.82) is 0 Å². The second kappa shape index (κ2) is 8.34. The van der Waals surface area contributed by atoms with Crippen LogP contribution in [-0.4, -0.2) is 51.2 Å². The average molecular weight is 408 g/mol. The molecule has 1 heterocycles. The largest absolute Gasteiger partial charge is 0.377 e. The van der Waals surface area contributed by atoms with Gasteiger partial charge in [0.25, 0.3) is 11.8 Å². The number of benzene rings is 2. The molecule has 3 rings (SSSR count). The summed E-state index contributed by atoms with van der Waals surface area (Å²) in [6.07, 6.45) is 0. The Bertz CT molecular complexity index is 1020. The fourth-order valence-electron chi connectivity index (χ4n) is 3.44. The number of para-hydroxylation sites is 1. The fraction of sp³-hybridized carbons (Fsp3) is 0.238. The number of nitrogens with zero attached hydrogens (tertiary/aromatic N) is 2. The number of aliphatic imine (C=N–C) groups is 1. The van der Waals surface area contributed by atoms with Crippen molar-refractivity contribution in [2.24, 2.45) is 10.7 Å². The monoisotopic (exact) mass is 408 g/mol. The number of rotatable bonds is 6. The number of primary amides is 1. The summed E-state index contributed by atoms with van der Waals surface area (Å²) in [6, 6.07) is 13.8. The van der Waals surface area contributed by atoms with E-state index >= 15 is 0 Å². The SMILES string of the molecule is CNC(=O)C1=NCNC1(C(N)=O)c1ccc(NC(=O)c2ccccc2N(C)C)cc1. The molecule has 9 heteroatoms. The van der Waals surface area contributed by atoms with E-state index in [4.69, 9.17) is 5.73 Å². The zero-order chi connectivity index (χ0) is 21.9. The number of nitrogens with two attached hydrogens (primary N) is 1. The number of hydrogen-bond acceptors (Lipinski definition) is 6. The van der Waals surface area contributed by atoms with E-state index in [1.54, 1.807) is 36.4 Å². The molecule has 5 N–H and O–H groups in total. The molecule has 0 radical (unpaired) electrons. The lowest BCUT2D eigenvalue weighted by molar-refractivity contribution is -0.123. The Kier molecular flexibility index (Phi) is 5.84. The minimum absolute atomic E-state index is 0.00851. The lowest BCUT2D eigenvalue weighted by Crippen LogP contribution is -2.58. The molecule has 1 unspecified atom stereocenters. The van der Waals surface area contributed by atoms with Gasteiger partial charge in [-0.15, -0.1) is 0 Å². The van der Waals surface area contributed by atoms with Gasteiger partial charge in [0.1, 0.15) is 5.71 Å². The molecular weight excluding hydrogens is 384 g/mol. The Hall–Kier alpha value is -3.72. The molecule has 30 heavy (non-hydrogen) atoms. The molecule has 2 aromatic carbocycles. The summed E-state index contributed by atoms with van der Waals surface area (Å²) in [6.45, 7) is 0.0888. The third-order valence-corrected chi connectivity index (χ3v) is 4.95. The molecule has 0 aliphatic carbocycles. The van der Waals surface area contributed by atoms with Crippen molar-refractivity contribution in [1.82, 2.24) is 10.6 Å². The average Bonchev–Trinajstić information content (AvgIpc) is 3.20. The summed E-state index contributed by atoms with van der Waals surface area (Å²) < 4.78 is 0. The van der Waals surface area contributed by atoms with Gasteiger partial charge in [0.05, 0.1) is 12.2 Å². The first kappa shape index (κ1) is 21.0. The van der Waals surface area contributed by atoms with Gasteiger partial charge in [-0.05, 0) is 29.8 Å². The van der Waals surface area contributed by atoms with Crippen LogP contribution in [0.1, 0.15) is 15.9 Å². The molecule has 0 saturated carbocycles. The summed E-state index contributed by atoms with van der Waals surface area (Å²) in [5.41, 5.74) is 6.45. The summed E-state index contributed by atoms with van der Waals surface area (Å²) in [4.78, 5) is 43.3. The maximum atomic E-state index is 12.7. The van der Waals surface area contributed by atoms with E-state index in [-0.39, 0.29) is 18.3 Å². The zero-order valence-electron chi connectivity index (χ0n) is 17.0. The number of carbonyl (C=O) groups excluding carboxylic acids is 3. The Morgan fingerprint density at radius 1 is 1.07 bits per heavy atom. The van der Waals surface area contributed by atoms with E-state index < -0.39 is 17.4 Å². The van der Waals surface area contributed by atoms with Crippen molar-refractivity contribution in [3.63, 3.8) is 0 Å². The van der Waals surface area contributed by atoms with Gasteiger partial charge < -0.3 is 21.3 Å². The molecule has 1 aliphatic heterocycles. The first-order chi connectivity index (χ1) is 14.3. The summed E-state index contributed by atoms with van der Waals surface area (Å²) in [5.74, 6) is -1.49. The van der Waals surface area contributed by atoms with Crippen LogP contribution in [0, 0.1) is 0 Å². The fourth-order valence-corrected chi connectivity index (χ4v) is 3.44. The van der Waals surface area contributed by atoms with Gasteiger partial charge in [-0.3, -0.25) is 24.7 Å². The zero-order valence-corrected chi connectivity index (χ0v) is 17.0. The summed E-state index contributed by atoms with van der Waals surface area (Å²) >= 11 is 0. The number of hydrogen-bond donors (Lipinski definition) is 4. The minimum Gasteiger partial charge on any atom is -0.377 e. The Balaban J connectivity index is 1.88. The molecule has 1 aliphatic rings. The van der Waals surface area contributed by atoms with Gasteiger partial charge in [-0.2, -0.15) is 0 Å². The molecule has 2 aromatic rings. The minimum atomic E-state index is -1.53. The van der Waals surface area contributed by atoms with Crippen LogP contribution >= 0.6 is 0 Å². The predicted octanol–water partition coefficient (Wildman–Crippen LogP) is 0.433. The van der Waals surface area contributed by atoms with E-state index in [0.717, 1.165) is 5.69 Å². The number of carbonyl (C=O) groups is 3. The maximum Gasteiger partial charge on any atom is 0.267 e. The van der Waals surface area contributed by atoms with Crippen LogP contribution in [0.5, 0.6) is 0 Å². The quantitative estimate of drug-likeness (QED) is 0.551. The molecule has 0 aromatic heterocycles. The van der Waals surface area contributed by atoms with Crippen LogP contribution < -0.4 is 26.6 Å². The Morgan fingerprint density at radius 2 is 1.73 bits per heavy atom. The predicted molar refractivity (Wildman–Crippen MR) is 116 cm³/mol. The smallest absolute Gasteiger partial charge is 0.267 e. The Morgan fingerprint density at radius 3 is 2.33 bits per heavy atom. The van der Waals surface area contributed by atoms with Gasteiger partial charge >= 0.3 is 0 Å². The van der Waals surface area contributed by atoms with Gasteiger partial charge in [0.2, 0.25) is 5.91 Å². The van der Waals surface area contributed by atoms with Crippen LogP contribution in [0.2, 0.25) is 0 Å². The van der Waals surface area contributed by atoms with Crippen molar-refractivity contribution in [3.05, 3.63) is 59.7 Å². The van der Waals surface area contributed by atoms with Gasteiger partial charge in [-0.25, -0.2) is 0 Å². The highest BCUT2D eigenvalue weighted by Crippen LogP contribution is 2.28. The van der Waals surface area contributed by atoms with Crippen molar-refractivity contribution in [3.8, 4) is 0 Å². The van der Waals surface area contributed by atoms with Gasteiger partial charge in [0, 0.05) is 32.5 Å². The van der Waals surface area contributed by atoms with Crippen molar-refractivity contribution in [2.45, 2.75) is 5.54 Å². The van der Waals surface area contributed by atoms with Crippen molar-refractivity contribution < 1.29 is 14.4 Å². The van der Waals surface area contributed by atoms with Crippen LogP contribution in [0.15, 0.2) is 53.5 Å². The van der Waals surface area contributed by atoms with E-state index in [1.807, 2.05) is 31.1 Å². The molecular formula is C21H24N6O3. The summed E-state index contributed by atoms with van der Waals surface area (Å²) in [5, 5.41) is 8.25. The van der Waals surface area contributed by atoms with E-state index in [9.17, 15) is 14.4 Å². The number of amides is 3. The second-order valence-corrected chi connectivity index (χ2v) is 6.98. The maximum absolute atomic E-state index is 12.7. The van der Waals surface area contributed by atoms with E-state index in [2.05, 4.69) is 20.9 Å². The third-order valence-electron chi connectivity index (χ3n) is 4.95. The molecule has 3 amide bonds. The third kappa shape index (κ3) is 3.62. The molecule has 0 fully saturated rings. The topological polar surface area (TPSA) is 129 Å². The van der Waals surface area contributed by atoms with E-state index in [1.165, 1.54) is 7.05 Å². The first-order valence-electron chi connectivity index (χ1n) is 9.31. The highest BCUT2D eigenvalue weighted by molar-refractivity contribution is 6.47. The van der Waals surface area contributed by atoms with E-state index in [0.29, 0.717) is 16.8 Å². The lowest BCUT2D eigenvalue weighted by Gasteiger charge is -2.27. The number of anilines is 2. The summed E-state index contributed by atoms with van der Waals surface area (Å²) in [7, 11) is 5.19. The normalized spacial score (nSPS) is 17.8. The van der Waals surface area contributed by atoms with Crippen molar-refractivity contribution >= 4 is 34.8 Å². The molecule has 0 saturated heterocycles. The lowest BCUT2D eigenvalue weighted by atomic mass is 9.84. The molecule has 1 atom stereocenters. The van der Waals surface area contributed by atoms with Crippen LogP contribution in [0.25, 0.3) is 0 Å². The van der Waals surface area contributed by atoms with Crippen LogP contribution in [0.4, 0.5) is 11.4 Å². The standard InChI is InChI=1S/C21H24N6O3/c1-23-19(29)17-21(20(22)30,25-12-24-17)13-8-10-14(11-9-13)26-18(28)15-6-4-5-7-16(15)27(2)3/h4-11,25H,12H2,1-3H3,(H2,22,30)(H,23,29)(H,26,28). The second-order valence-electron chi connectivity index (χ2n) is 6.98. The number of nitrogens with one attached hydrogen (secondary N) is 3. The first-order valence-corrected chi connectivity index (χ1v) is 9.31.